The van der Waals surface area contributed by atoms with E-state index in [0.717, 1.165) is 5.56 Å². The molecule has 0 radical (unpaired) electrons. The summed E-state index contributed by atoms with van der Waals surface area (Å²) in [5.74, 6) is 4.16. The van der Waals surface area contributed by atoms with E-state index in [1.54, 1.807) is 12.1 Å². The van der Waals surface area contributed by atoms with Gasteiger partial charge in [-0.1, -0.05) is 12.1 Å². The summed E-state index contributed by atoms with van der Waals surface area (Å²) in [6.45, 7) is 0. The lowest BCUT2D eigenvalue weighted by Gasteiger charge is -1.99. The lowest BCUT2D eigenvalue weighted by molar-refractivity contribution is -0.384. The largest absolute Gasteiger partial charge is 0.373 e. The molecule has 6 heteroatoms. The van der Waals surface area contributed by atoms with Crippen LogP contribution in [0.4, 0.5) is 5.69 Å². The Labute approximate surface area is 85.7 Å². The normalized spacial score (nSPS) is 9.67. The summed E-state index contributed by atoms with van der Waals surface area (Å²) >= 11 is 0. The van der Waals surface area contributed by atoms with Crippen molar-refractivity contribution in [1.29, 1.82) is 0 Å². The van der Waals surface area contributed by atoms with Crippen LogP contribution < -0.4 is 5.90 Å². The standard InChI is InChI=1S/C9H10N2O4/c10-15-9(12)6-3-7-1-4-8(5-2-7)11(13)14/h1-2,4-5H,3,6,10H2. The van der Waals surface area contributed by atoms with Crippen molar-refractivity contribution in [2.75, 3.05) is 0 Å². The quantitative estimate of drug-likeness (QED) is 0.589. The summed E-state index contributed by atoms with van der Waals surface area (Å²) < 4.78 is 0. The third-order valence-electron chi connectivity index (χ3n) is 1.90. The second-order valence-corrected chi connectivity index (χ2v) is 2.91. The number of nitrogens with two attached hydrogens (primary N) is 1. The fourth-order valence-electron chi connectivity index (χ4n) is 1.09. The zero-order chi connectivity index (χ0) is 11.3. The Balaban J connectivity index is 2.57. The second kappa shape index (κ2) is 5.06. The molecule has 0 aromatic heterocycles. The van der Waals surface area contributed by atoms with Gasteiger partial charge in [-0.3, -0.25) is 14.9 Å². The lowest BCUT2D eigenvalue weighted by atomic mass is 10.1. The first-order valence-electron chi connectivity index (χ1n) is 4.26. The van der Waals surface area contributed by atoms with Crippen LogP contribution in [0.15, 0.2) is 24.3 Å². The van der Waals surface area contributed by atoms with Gasteiger partial charge in [-0.2, -0.15) is 5.90 Å². The highest BCUT2D eigenvalue weighted by molar-refractivity contribution is 5.69. The predicted molar refractivity (Wildman–Crippen MR) is 51.7 cm³/mol. The van der Waals surface area contributed by atoms with Crippen molar-refractivity contribution in [3.8, 4) is 0 Å². The Hall–Kier alpha value is -1.95. The molecule has 0 saturated heterocycles. The number of nitro benzene ring substituents is 1. The fourth-order valence-corrected chi connectivity index (χ4v) is 1.09. The van der Waals surface area contributed by atoms with Crippen LogP contribution >= 0.6 is 0 Å². The van der Waals surface area contributed by atoms with E-state index in [4.69, 9.17) is 0 Å². The molecule has 1 aromatic carbocycles. The zero-order valence-electron chi connectivity index (χ0n) is 7.88. The molecule has 0 aliphatic heterocycles. The third kappa shape index (κ3) is 3.35. The van der Waals surface area contributed by atoms with Crippen molar-refractivity contribution in [3.63, 3.8) is 0 Å². The Morgan fingerprint density at radius 3 is 2.47 bits per heavy atom. The minimum absolute atomic E-state index is 0.0279. The third-order valence-corrected chi connectivity index (χ3v) is 1.90. The number of carbonyl (C=O) groups is 1. The van der Waals surface area contributed by atoms with Crippen LogP contribution in [0.25, 0.3) is 0 Å². The molecule has 0 bridgehead atoms. The maximum atomic E-state index is 10.7. The van der Waals surface area contributed by atoms with Gasteiger partial charge in [-0.25, -0.2) is 0 Å². The van der Waals surface area contributed by atoms with E-state index in [1.807, 2.05) is 0 Å². The number of hydrogen-bond donors (Lipinski definition) is 1. The Bertz CT molecular complexity index is 361. The molecule has 0 spiro atoms. The topological polar surface area (TPSA) is 95.5 Å². The van der Waals surface area contributed by atoms with E-state index in [-0.39, 0.29) is 12.1 Å². The highest BCUT2D eigenvalue weighted by Crippen LogP contribution is 2.12. The first-order chi connectivity index (χ1) is 7.13. The predicted octanol–water partition coefficient (Wildman–Crippen LogP) is 0.944. The Kier molecular flexibility index (Phi) is 3.75. The molecule has 0 heterocycles. The number of carbonyl (C=O) groups excluding carboxylic acids is 1. The molecule has 2 N–H and O–H groups in total. The van der Waals surface area contributed by atoms with Crippen molar-refractivity contribution in [1.82, 2.24) is 0 Å². The monoisotopic (exact) mass is 210 g/mol. The molecule has 6 nitrogen and oxygen atoms in total. The number of rotatable bonds is 4. The van der Waals surface area contributed by atoms with Crippen molar-refractivity contribution >= 4 is 11.7 Å². The molecule has 0 saturated carbocycles. The molecule has 1 aromatic rings. The SMILES string of the molecule is NOC(=O)CCc1ccc([N+](=O)[O-])cc1. The molecular formula is C9H10N2O4. The van der Waals surface area contributed by atoms with Crippen molar-refractivity contribution in [2.45, 2.75) is 12.8 Å². The second-order valence-electron chi connectivity index (χ2n) is 2.91. The number of hydrogen-bond acceptors (Lipinski definition) is 5. The molecule has 0 atom stereocenters. The van der Waals surface area contributed by atoms with Gasteiger partial charge in [0.05, 0.1) is 11.3 Å². The highest BCUT2D eigenvalue weighted by atomic mass is 16.7. The number of nitro groups is 1. The first-order valence-corrected chi connectivity index (χ1v) is 4.26. The minimum atomic E-state index is -0.506. The van der Waals surface area contributed by atoms with E-state index in [2.05, 4.69) is 10.7 Å². The van der Waals surface area contributed by atoms with Gasteiger partial charge in [0.2, 0.25) is 0 Å². The summed E-state index contributed by atoms with van der Waals surface area (Å²) in [4.78, 5) is 24.6. The van der Waals surface area contributed by atoms with Gasteiger partial charge in [-0.15, -0.1) is 0 Å². The van der Waals surface area contributed by atoms with Crippen molar-refractivity contribution in [3.05, 3.63) is 39.9 Å². The average Bonchev–Trinajstić information content (AvgIpc) is 2.26. The molecule has 0 aliphatic rings. The smallest absolute Gasteiger partial charge is 0.324 e. The maximum absolute atomic E-state index is 10.7. The van der Waals surface area contributed by atoms with Gasteiger partial charge < -0.3 is 4.84 Å². The summed E-state index contributed by atoms with van der Waals surface area (Å²) in [7, 11) is 0. The molecule has 0 unspecified atom stereocenters. The van der Waals surface area contributed by atoms with Crippen LogP contribution in [0.5, 0.6) is 0 Å². The van der Waals surface area contributed by atoms with Crippen LogP contribution in [0, 0.1) is 10.1 Å². The summed E-state index contributed by atoms with van der Waals surface area (Å²) in [5.41, 5.74) is 0.853. The minimum Gasteiger partial charge on any atom is -0.373 e. The fraction of sp³-hybridized carbons (Fsp3) is 0.222. The van der Waals surface area contributed by atoms with Gasteiger partial charge in [-0.05, 0) is 12.0 Å². The van der Waals surface area contributed by atoms with Gasteiger partial charge in [0.1, 0.15) is 0 Å². The molecule has 0 fully saturated rings. The van der Waals surface area contributed by atoms with Gasteiger partial charge in [0.15, 0.2) is 0 Å². The van der Waals surface area contributed by atoms with E-state index < -0.39 is 10.9 Å². The van der Waals surface area contributed by atoms with Crippen LogP contribution in [-0.2, 0) is 16.1 Å². The van der Waals surface area contributed by atoms with Crippen LogP contribution in [0.1, 0.15) is 12.0 Å². The van der Waals surface area contributed by atoms with Gasteiger partial charge in [0.25, 0.3) is 5.69 Å². The Morgan fingerprint density at radius 1 is 1.40 bits per heavy atom. The number of non-ortho nitro benzene ring substituents is 1. The highest BCUT2D eigenvalue weighted by Gasteiger charge is 2.05. The summed E-state index contributed by atoms with van der Waals surface area (Å²) in [6.07, 6.45) is 0.613. The van der Waals surface area contributed by atoms with E-state index >= 15 is 0 Å². The molecular weight excluding hydrogens is 200 g/mol. The number of aryl methyl sites for hydroxylation is 1. The van der Waals surface area contributed by atoms with Crippen LogP contribution in [-0.4, -0.2) is 10.9 Å². The van der Waals surface area contributed by atoms with E-state index in [1.165, 1.54) is 12.1 Å². The van der Waals surface area contributed by atoms with Crippen molar-refractivity contribution < 1.29 is 14.6 Å². The van der Waals surface area contributed by atoms with E-state index in [0.29, 0.717) is 6.42 Å². The average molecular weight is 210 g/mol. The first kappa shape index (κ1) is 11.1. The number of nitrogens with zero attached hydrogens (tertiary/aromatic N) is 1. The van der Waals surface area contributed by atoms with Crippen LogP contribution in [0.2, 0.25) is 0 Å². The van der Waals surface area contributed by atoms with Gasteiger partial charge in [0, 0.05) is 12.1 Å². The van der Waals surface area contributed by atoms with Crippen LogP contribution in [0.3, 0.4) is 0 Å². The van der Waals surface area contributed by atoms with Crippen molar-refractivity contribution in [2.24, 2.45) is 5.90 Å². The lowest BCUT2D eigenvalue weighted by Crippen LogP contribution is -2.10. The molecule has 15 heavy (non-hydrogen) atoms. The number of benzene rings is 1. The molecule has 80 valence electrons. The summed E-state index contributed by atoms with van der Waals surface area (Å²) in [6, 6.07) is 5.98. The van der Waals surface area contributed by atoms with Gasteiger partial charge >= 0.3 is 5.97 Å². The summed E-state index contributed by atoms with van der Waals surface area (Å²) in [5, 5.41) is 10.3. The maximum Gasteiger partial charge on any atom is 0.324 e. The molecule has 1 rings (SSSR count). The molecule has 0 aliphatic carbocycles. The molecule has 0 amide bonds. The Morgan fingerprint density at radius 2 is 2.00 bits per heavy atom. The van der Waals surface area contributed by atoms with E-state index in [9.17, 15) is 14.9 Å². The zero-order valence-corrected chi connectivity index (χ0v) is 7.88.